The lowest BCUT2D eigenvalue weighted by atomic mass is 10.2. The van der Waals surface area contributed by atoms with E-state index in [9.17, 15) is 4.79 Å². The van der Waals surface area contributed by atoms with Crippen LogP contribution in [0.25, 0.3) is 0 Å². The summed E-state index contributed by atoms with van der Waals surface area (Å²) in [6, 6.07) is 10.3. The van der Waals surface area contributed by atoms with E-state index in [1.165, 1.54) is 5.56 Å². The fourth-order valence-electron chi connectivity index (χ4n) is 1.61. The number of benzene rings is 1. The first-order valence-electron chi connectivity index (χ1n) is 6.47. The highest BCUT2D eigenvalue weighted by Gasteiger charge is 2.11. The molecule has 0 N–H and O–H groups in total. The van der Waals surface area contributed by atoms with E-state index in [4.69, 9.17) is 9.47 Å². The van der Waals surface area contributed by atoms with E-state index < -0.39 is 0 Å². The Labute approximate surface area is 109 Å². The van der Waals surface area contributed by atoms with Crippen LogP contribution in [-0.2, 0) is 14.3 Å². The Kier molecular flexibility index (Phi) is 7.11. The summed E-state index contributed by atoms with van der Waals surface area (Å²) in [5.41, 5.74) is 1.32. The molecule has 1 aliphatic heterocycles. The maximum atomic E-state index is 10.9. The third kappa shape index (κ3) is 7.07. The van der Waals surface area contributed by atoms with Crippen molar-refractivity contribution in [2.24, 2.45) is 0 Å². The molecule has 18 heavy (non-hydrogen) atoms. The van der Waals surface area contributed by atoms with E-state index >= 15 is 0 Å². The topological polar surface area (TPSA) is 35.5 Å². The standard InChI is InChI=1S/C8H14O3.C7H8/c1-7-3-2-5-10-6-4-8(9)11-7;1-7-5-3-2-4-6-7/h7H,2-6H2,1H3;2-6H,1H3. The Morgan fingerprint density at radius 2 is 1.89 bits per heavy atom. The largest absolute Gasteiger partial charge is 0.463 e. The lowest BCUT2D eigenvalue weighted by Gasteiger charge is -2.09. The normalized spacial score (nSPS) is 20.6. The van der Waals surface area contributed by atoms with Crippen LogP contribution in [0.15, 0.2) is 30.3 Å². The Balaban J connectivity index is 0.000000199. The minimum absolute atomic E-state index is 0.0594. The number of carbonyl (C=O) groups excluding carboxylic acids is 1. The zero-order valence-corrected chi connectivity index (χ0v) is 11.2. The average molecular weight is 250 g/mol. The molecule has 1 unspecified atom stereocenters. The van der Waals surface area contributed by atoms with Crippen LogP contribution in [0.4, 0.5) is 0 Å². The summed E-state index contributed by atoms with van der Waals surface area (Å²) >= 11 is 0. The monoisotopic (exact) mass is 250 g/mol. The summed E-state index contributed by atoms with van der Waals surface area (Å²) in [6.07, 6.45) is 2.34. The van der Waals surface area contributed by atoms with E-state index in [1.807, 2.05) is 25.1 Å². The third-order valence-corrected chi connectivity index (χ3v) is 2.62. The number of hydrogen-bond acceptors (Lipinski definition) is 3. The second kappa shape index (κ2) is 8.70. The van der Waals surface area contributed by atoms with Crippen molar-refractivity contribution in [3.05, 3.63) is 35.9 Å². The first-order valence-corrected chi connectivity index (χ1v) is 6.47. The SMILES string of the molecule is CC1CCCOCCC(=O)O1.Cc1ccccc1. The summed E-state index contributed by atoms with van der Waals surface area (Å²) in [6.45, 7) is 5.26. The predicted molar refractivity (Wildman–Crippen MR) is 71.4 cm³/mol. The van der Waals surface area contributed by atoms with Gasteiger partial charge in [-0.25, -0.2) is 0 Å². The zero-order valence-electron chi connectivity index (χ0n) is 11.2. The second-order valence-electron chi connectivity index (χ2n) is 4.46. The molecule has 1 heterocycles. The third-order valence-electron chi connectivity index (χ3n) is 2.62. The molecule has 1 aromatic carbocycles. The van der Waals surface area contributed by atoms with Crippen molar-refractivity contribution in [3.8, 4) is 0 Å². The summed E-state index contributed by atoms with van der Waals surface area (Å²) < 4.78 is 10.2. The number of hydrogen-bond donors (Lipinski definition) is 0. The fraction of sp³-hybridized carbons (Fsp3) is 0.533. The second-order valence-corrected chi connectivity index (χ2v) is 4.46. The van der Waals surface area contributed by atoms with Gasteiger partial charge in [0, 0.05) is 6.61 Å². The summed E-state index contributed by atoms with van der Waals surface area (Å²) in [7, 11) is 0. The van der Waals surface area contributed by atoms with Gasteiger partial charge in [-0.15, -0.1) is 0 Å². The molecule has 0 saturated carbocycles. The van der Waals surface area contributed by atoms with Gasteiger partial charge in [-0.2, -0.15) is 0 Å². The molecule has 0 spiro atoms. The predicted octanol–water partition coefficient (Wildman–Crippen LogP) is 3.11. The van der Waals surface area contributed by atoms with Crippen molar-refractivity contribution >= 4 is 5.97 Å². The van der Waals surface area contributed by atoms with Gasteiger partial charge >= 0.3 is 5.97 Å². The van der Waals surface area contributed by atoms with Crippen LogP contribution in [0.5, 0.6) is 0 Å². The maximum Gasteiger partial charge on any atom is 0.308 e. The molecule has 3 nitrogen and oxygen atoms in total. The Morgan fingerprint density at radius 3 is 2.50 bits per heavy atom. The van der Waals surface area contributed by atoms with Crippen LogP contribution >= 0.6 is 0 Å². The van der Waals surface area contributed by atoms with Gasteiger partial charge in [0.1, 0.15) is 0 Å². The minimum Gasteiger partial charge on any atom is -0.463 e. The molecular formula is C15H22O3. The molecule has 1 atom stereocenters. The van der Waals surface area contributed by atoms with Gasteiger partial charge in [0.05, 0.1) is 19.1 Å². The Morgan fingerprint density at radius 1 is 1.17 bits per heavy atom. The van der Waals surface area contributed by atoms with Crippen molar-refractivity contribution in [1.29, 1.82) is 0 Å². The molecular weight excluding hydrogens is 228 g/mol. The number of rotatable bonds is 0. The quantitative estimate of drug-likeness (QED) is 0.664. The van der Waals surface area contributed by atoms with Gasteiger partial charge in [-0.3, -0.25) is 4.79 Å². The van der Waals surface area contributed by atoms with Gasteiger partial charge in [0.25, 0.3) is 0 Å². The van der Waals surface area contributed by atoms with Gasteiger partial charge < -0.3 is 9.47 Å². The van der Waals surface area contributed by atoms with Crippen LogP contribution < -0.4 is 0 Å². The molecule has 1 aromatic rings. The number of aryl methyl sites for hydroxylation is 1. The van der Waals surface area contributed by atoms with Crippen LogP contribution in [0.3, 0.4) is 0 Å². The van der Waals surface area contributed by atoms with Gasteiger partial charge in [0.15, 0.2) is 0 Å². The van der Waals surface area contributed by atoms with Gasteiger partial charge in [-0.1, -0.05) is 35.9 Å². The number of ether oxygens (including phenoxy) is 2. The lowest BCUT2D eigenvalue weighted by molar-refractivity contribution is -0.148. The molecule has 3 heteroatoms. The molecule has 1 saturated heterocycles. The van der Waals surface area contributed by atoms with Crippen LogP contribution in [-0.4, -0.2) is 25.3 Å². The molecule has 1 aliphatic rings. The van der Waals surface area contributed by atoms with E-state index in [-0.39, 0.29) is 12.1 Å². The molecule has 1 fully saturated rings. The van der Waals surface area contributed by atoms with E-state index in [1.54, 1.807) is 0 Å². The van der Waals surface area contributed by atoms with Gasteiger partial charge in [0.2, 0.25) is 0 Å². The van der Waals surface area contributed by atoms with Crippen LogP contribution in [0, 0.1) is 6.92 Å². The molecule has 100 valence electrons. The molecule has 0 amide bonds. The van der Waals surface area contributed by atoms with Crippen molar-refractivity contribution in [2.45, 2.75) is 39.2 Å². The van der Waals surface area contributed by atoms with Crippen molar-refractivity contribution in [3.63, 3.8) is 0 Å². The molecule has 2 rings (SSSR count). The van der Waals surface area contributed by atoms with E-state index in [0.29, 0.717) is 13.0 Å². The Bertz CT molecular complexity index is 335. The van der Waals surface area contributed by atoms with Crippen molar-refractivity contribution in [2.75, 3.05) is 13.2 Å². The van der Waals surface area contributed by atoms with Crippen LogP contribution in [0.2, 0.25) is 0 Å². The number of esters is 1. The minimum atomic E-state index is -0.139. The molecule has 0 aliphatic carbocycles. The van der Waals surface area contributed by atoms with Crippen molar-refractivity contribution < 1.29 is 14.3 Å². The fourth-order valence-corrected chi connectivity index (χ4v) is 1.61. The molecule has 0 aromatic heterocycles. The van der Waals surface area contributed by atoms with Gasteiger partial charge in [-0.05, 0) is 26.7 Å². The molecule has 0 radical (unpaired) electrons. The summed E-state index contributed by atoms with van der Waals surface area (Å²) in [5.74, 6) is -0.139. The number of cyclic esters (lactones) is 1. The first kappa shape index (κ1) is 14.7. The summed E-state index contributed by atoms with van der Waals surface area (Å²) in [4.78, 5) is 10.9. The Hall–Kier alpha value is -1.35. The van der Waals surface area contributed by atoms with Crippen molar-refractivity contribution in [1.82, 2.24) is 0 Å². The molecule has 0 bridgehead atoms. The maximum absolute atomic E-state index is 10.9. The average Bonchev–Trinajstić information content (AvgIpc) is 2.43. The highest BCUT2D eigenvalue weighted by molar-refractivity contribution is 5.69. The highest BCUT2D eigenvalue weighted by Crippen LogP contribution is 2.06. The van der Waals surface area contributed by atoms with E-state index in [0.717, 1.165) is 19.4 Å². The summed E-state index contributed by atoms with van der Waals surface area (Å²) in [5, 5.41) is 0. The smallest absolute Gasteiger partial charge is 0.308 e. The first-order chi connectivity index (χ1) is 8.68. The van der Waals surface area contributed by atoms with Crippen LogP contribution in [0.1, 0.15) is 31.7 Å². The van der Waals surface area contributed by atoms with E-state index in [2.05, 4.69) is 19.1 Å². The highest BCUT2D eigenvalue weighted by atomic mass is 16.5. The zero-order chi connectivity index (χ0) is 13.2. The number of carbonyl (C=O) groups is 1. The lowest BCUT2D eigenvalue weighted by Crippen LogP contribution is -2.14.